The van der Waals surface area contributed by atoms with Crippen LogP contribution in [-0.4, -0.2) is 31.1 Å². The predicted octanol–water partition coefficient (Wildman–Crippen LogP) is 1.97. The second-order valence-electron chi connectivity index (χ2n) is 5.11. The fraction of sp³-hybridized carbons (Fsp3) is 0.357. The van der Waals surface area contributed by atoms with Crippen LogP contribution in [0.1, 0.15) is 31.2 Å². The minimum absolute atomic E-state index is 0.0128. The van der Waals surface area contributed by atoms with Gasteiger partial charge in [0.1, 0.15) is 5.01 Å². The molecule has 0 aliphatic carbocycles. The molecule has 23 heavy (non-hydrogen) atoms. The Kier molecular flexibility index (Phi) is 5.80. The second-order valence-corrected chi connectivity index (χ2v) is 7.89. The molecular weight excluding hydrogens is 336 g/mol. The van der Waals surface area contributed by atoms with Crippen LogP contribution in [0.25, 0.3) is 0 Å². The number of hydrogen-bond donors (Lipinski definition) is 2. The third-order valence-corrected chi connectivity index (χ3v) is 5.49. The topological polar surface area (TPSA) is 101 Å². The van der Waals surface area contributed by atoms with E-state index in [9.17, 15) is 13.2 Å². The van der Waals surface area contributed by atoms with Crippen molar-refractivity contribution in [1.29, 1.82) is 0 Å². The molecule has 0 saturated carbocycles. The average Bonchev–Trinajstić information content (AvgIpc) is 2.96. The van der Waals surface area contributed by atoms with Crippen molar-refractivity contribution in [3.8, 4) is 0 Å². The zero-order valence-corrected chi connectivity index (χ0v) is 14.4. The summed E-state index contributed by atoms with van der Waals surface area (Å²) in [5.41, 5.74) is 0. The van der Waals surface area contributed by atoms with Crippen molar-refractivity contribution in [3.05, 3.63) is 35.3 Å². The van der Waals surface area contributed by atoms with Gasteiger partial charge in [0.2, 0.25) is 21.1 Å². The number of carbonyl (C=O) groups excluding carboxylic acids is 1. The van der Waals surface area contributed by atoms with Crippen molar-refractivity contribution in [2.24, 2.45) is 0 Å². The van der Waals surface area contributed by atoms with Gasteiger partial charge in [-0.1, -0.05) is 43.4 Å². The van der Waals surface area contributed by atoms with Crippen LogP contribution in [-0.2, 0) is 14.8 Å². The lowest BCUT2D eigenvalue weighted by molar-refractivity contribution is -0.116. The molecule has 1 heterocycles. The highest BCUT2D eigenvalue weighted by molar-refractivity contribution is 7.89. The SMILES string of the molecule is CC(C)c1nnc(NC(=O)CCNS(=O)(=O)c2ccccc2)s1. The van der Waals surface area contributed by atoms with Gasteiger partial charge >= 0.3 is 0 Å². The van der Waals surface area contributed by atoms with Crippen LogP contribution in [0.2, 0.25) is 0 Å². The fourth-order valence-corrected chi connectivity index (χ4v) is 3.50. The molecule has 2 rings (SSSR count). The molecule has 0 atom stereocenters. The van der Waals surface area contributed by atoms with E-state index in [1.807, 2.05) is 13.8 Å². The van der Waals surface area contributed by atoms with Gasteiger partial charge in [-0.25, -0.2) is 13.1 Å². The Bertz CT molecular complexity index is 757. The van der Waals surface area contributed by atoms with E-state index in [2.05, 4.69) is 20.2 Å². The maximum absolute atomic E-state index is 12.0. The maximum Gasteiger partial charge on any atom is 0.240 e. The standard InChI is InChI=1S/C14H18N4O3S2/c1-10(2)13-17-18-14(22-13)16-12(19)8-9-15-23(20,21)11-6-4-3-5-7-11/h3-7,10,15H,8-9H2,1-2H3,(H,16,18,19). The van der Waals surface area contributed by atoms with Crippen LogP contribution in [0, 0.1) is 0 Å². The molecule has 0 bridgehead atoms. The zero-order valence-electron chi connectivity index (χ0n) is 12.8. The van der Waals surface area contributed by atoms with Crippen molar-refractivity contribution in [3.63, 3.8) is 0 Å². The Hall–Kier alpha value is -1.84. The summed E-state index contributed by atoms with van der Waals surface area (Å²) in [7, 11) is -3.59. The average molecular weight is 354 g/mol. The summed E-state index contributed by atoms with van der Waals surface area (Å²) in [6.07, 6.45) is 0.0165. The van der Waals surface area contributed by atoms with E-state index in [1.165, 1.54) is 23.5 Å². The van der Waals surface area contributed by atoms with E-state index in [0.29, 0.717) is 5.13 Å². The molecule has 0 radical (unpaired) electrons. The largest absolute Gasteiger partial charge is 0.300 e. The van der Waals surface area contributed by atoms with Crippen molar-refractivity contribution in [2.45, 2.75) is 31.1 Å². The summed E-state index contributed by atoms with van der Waals surface area (Å²) in [4.78, 5) is 12.0. The molecule has 0 saturated heterocycles. The number of hydrogen-bond acceptors (Lipinski definition) is 6. The van der Waals surface area contributed by atoms with Gasteiger partial charge in [-0.15, -0.1) is 10.2 Å². The Morgan fingerprint density at radius 3 is 2.52 bits per heavy atom. The summed E-state index contributed by atoms with van der Waals surface area (Å²) in [5.74, 6) is -0.0666. The third kappa shape index (κ3) is 5.08. The van der Waals surface area contributed by atoms with Crippen molar-refractivity contribution in [1.82, 2.24) is 14.9 Å². The summed E-state index contributed by atoms with van der Waals surface area (Å²) in [6.45, 7) is 3.99. The summed E-state index contributed by atoms with van der Waals surface area (Å²) < 4.78 is 26.4. The van der Waals surface area contributed by atoms with E-state index in [4.69, 9.17) is 0 Å². The van der Waals surface area contributed by atoms with Crippen LogP contribution in [0.4, 0.5) is 5.13 Å². The number of sulfonamides is 1. The van der Waals surface area contributed by atoms with Crippen molar-refractivity contribution >= 4 is 32.4 Å². The van der Waals surface area contributed by atoms with Crippen LogP contribution in [0.5, 0.6) is 0 Å². The monoisotopic (exact) mass is 354 g/mol. The van der Waals surface area contributed by atoms with E-state index < -0.39 is 10.0 Å². The van der Waals surface area contributed by atoms with Gasteiger partial charge in [0, 0.05) is 18.9 Å². The predicted molar refractivity (Wildman–Crippen MR) is 88.9 cm³/mol. The first kappa shape index (κ1) is 17.5. The van der Waals surface area contributed by atoms with Crippen molar-refractivity contribution in [2.75, 3.05) is 11.9 Å². The molecule has 0 spiro atoms. The number of carbonyl (C=O) groups is 1. The van der Waals surface area contributed by atoms with Crippen LogP contribution >= 0.6 is 11.3 Å². The van der Waals surface area contributed by atoms with Gasteiger partial charge in [-0.3, -0.25) is 4.79 Å². The quantitative estimate of drug-likeness (QED) is 0.791. The molecule has 0 unspecified atom stereocenters. The van der Waals surface area contributed by atoms with Gasteiger partial charge in [0.05, 0.1) is 4.90 Å². The highest BCUT2D eigenvalue weighted by Gasteiger charge is 2.14. The maximum atomic E-state index is 12.0. The lowest BCUT2D eigenvalue weighted by Gasteiger charge is -2.06. The van der Waals surface area contributed by atoms with Crippen LogP contribution in [0.15, 0.2) is 35.2 Å². The number of benzene rings is 1. The Labute approximate surface area is 139 Å². The molecule has 0 aliphatic heterocycles. The highest BCUT2D eigenvalue weighted by Crippen LogP contribution is 2.22. The first-order chi connectivity index (χ1) is 10.9. The first-order valence-electron chi connectivity index (χ1n) is 7.06. The number of rotatable bonds is 7. The summed E-state index contributed by atoms with van der Waals surface area (Å²) in [6, 6.07) is 8.01. The summed E-state index contributed by atoms with van der Waals surface area (Å²) >= 11 is 1.31. The van der Waals surface area contributed by atoms with Crippen molar-refractivity contribution < 1.29 is 13.2 Å². The van der Waals surface area contributed by atoms with E-state index >= 15 is 0 Å². The molecule has 7 nitrogen and oxygen atoms in total. The lowest BCUT2D eigenvalue weighted by Crippen LogP contribution is -2.27. The molecule has 1 aromatic carbocycles. The molecule has 2 N–H and O–H groups in total. The van der Waals surface area contributed by atoms with E-state index in [-0.39, 0.29) is 29.7 Å². The Morgan fingerprint density at radius 2 is 1.91 bits per heavy atom. The zero-order chi connectivity index (χ0) is 16.9. The van der Waals surface area contributed by atoms with Gasteiger partial charge in [-0.05, 0) is 12.1 Å². The molecule has 2 aromatic rings. The van der Waals surface area contributed by atoms with E-state index in [1.54, 1.807) is 18.2 Å². The molecule has 1 aromatic heterocycles. The van der Waals surface area contributed by atoms with Gasteiger partial charge in [0.25, 0.3) is 0 Å². The van der Waals surface area contributed by atoms with Crippen LogP contribution in [0.3, 0.4) is 0 Å². The van der Waals surface area contributed by atoms with Crippen LogP contribution < -0.4 is 10.0 Å². The lowest BCUT2D eigenvalue weighted by atomic mass is 10.2. The number of aromatic nitrogens is 2. The van der Waals surface area contributed by atoms with Gasteiger partial charge < -0.3 is 5.32 Å². The Balaban J connectivity index is 1.82. The number of amides is 1. The minimum Gasteiger partial charge on any atom is -0.300 e. The van der Waals surface area contributed by atoms with E-state index in [0.717, 1.165) is 5.01 Å². The highest BCUT2D eigenvalue weighted by atomic mass is 32.2. The van der Waals surface area contributed by atoms with Gasteiger partial charge in [0.15, 0.2) is 0 Å². The van der Waals surface area contributed by atoms with Gasteiger partial charge in [-0.2, -0.15) is 0 Å². The second kappa shape index (κ2) is 7.62. The minimum atomic E-state index is -3.59. The molecule has 9 heteroatoms. The fourth-order valence-electron chi connectivity index (χ4n) is 1.68. The third-order valence-electron chi connectivity index (χ3n) is 2.88. The molecule has 1 amide bonds. The number of nitrogens with zero attached hydrogens (tertiary/aromatic N) is 2. The first-order valence-corrected chi connectivity index (χ1v) is 9.36. The number of nitrogens with one attached hydrogen (secondary N) is 2. The number of anilines is 1. The Morgan fingerprint density at radius 1 is 1.22 bits per heavy atom. The normalized spacial score (nSPS) is 11.6. The molecule has 124 valence electrons. The summed E-state index contributed by atoms with van der Waals surface area (Å²) in [5, 5.41) is 11.7. The molecule has 0 aliphatic rings. The molecular formula is C14H18N4O3S2. The molecule has 0 fully saturated rings. The smallest absolute Gasteiger partial charge is 0.240 e.